The Hall–Kier alpha value is -1.97. The van der Waals surface area contributed by atoms with Crippen molar-refractivity contribution in [1.82, 2.24) is 0 Å². The van der Waals surface area contributed by atoms with Crippen LogP contribution in [0.3, 0.4) is 0 Å². The number of alkyl halides is 3. The van der Waals surface area contributed by atoms with Crippen LogP contribution < -0.4 is 4.90 Å². The van der Waals surface area contributed by atoms with E-state index in [-0.39, 0.29) is 0 Å². The van der Waals surface area contributed by atoms with E-state index in [4.69, 9.17) is 0 Å². The third kappa shape index (κ3) is 3.92. The molecule has 0 spiro atoms. The van der Waals surface area contributed by atoms with Crippen LogP contribution >= 0.6 is 0 Å². The van der Waals surface area contributed by atoms with E-state index in [0.29, 0.717) is 24.3 Å². The summed E-state index contributed by atoms with van der Waals surface area (Å²) in [6, 6.07) is 14.0. The van der Waals surface area contributed by atoms with Crippen LogP contribution in [0.2, 0.25) is 0 Å². The molecule has 1 heterocycles. The highest BCUT2D eigenvalue weighted by atomic mass is 19.4. The molecule has 1 fully saturated rings. The topological polar surface area (TPSA) is 3.24 Å². The summed E-state index contributed by atoms with van der Waals surface area (Å²) in [5.74, 6) is 0. The van der Waals surface area contributed by atoms with E-state index in [9.17, 15) is 13.2 Å². The smallest absolute Gasteiger partial charge is 0.371 e. The predicted molar refractivity (Wildman–Crippen MR) is 92.2 cm³/mol. The Bertz CT molecular complexity index is 656. The van der Waals surface area contributed by atoms with Crippen LogP contribution in [0.4, 0.5) is 18.9 Å². The van der Waals surface area contributed by atoms with E-state index in [2.05, 4.69) is 0 Å². The summed E-state index contributed by atoms with van der Waals surface area (Å²) in [5.41, 5.74) is 1.22. The molecule has 2 aromatic rings. The van der Waals surface area contributed by atoms with E-state index in [1.54, 1.807) is 12.1 Å². The van der Waals surface area contributed by atoms with Crippen LogP contribution in [0.15, 0.2) is 48.5 Å². The van der Waals surface area contributed by atoms with Crippen LogP contribution in [0.1, 0.15) is 37.7 Å². The first-order valence-electron chi connectivity index (χ1n) is 8.57. The van der Waals surface area contributed by atoms with Gasteiger partial charge in [0.1, 0.15) is 0 Å². The van der Waals surface area contributed by atoms with Crippen molar-refractivity contribution in [1.29, 1.82) is 0 Å². The summed E-state index contributed by atoms with van der Waals surface area (Å²) in [6.07, 6.45) is 0.949. The first kappa shape index (κ1) is 16.9. The predicted octanol–water partition coefficient (Wildman–Crippen LogP) is 6.14. The Kier molecular flexibility index (Phi) is 5.12. The van der Waals surface area contributed by atoms with Gasteiger partial charge < -0.3 is 4.90 Å². The number of hydrogen-bond donors (Lipinski definition) is 0. The molecule has 1 nitrogen and oxygen atoms in total. The number of rotatable bonds is 2. The molecule has 24 heavy (non-hydrogen) atoms. The Morgan fingerprint density at radius 3 is 1.96 bits per heavy atom. The molecule has 1 aliphatic heterocycles. The first-order chi connectivity index (χ1) is 11.6. The molecule has 0 saturated carbocycles. The van der Waals surface area contributed by atoms with Crippen molar-refractivity contribution >= 4 is 5.69 Å². The van der Waals surface area contributed by atoms with Crippen molar-refractivity contribution in [2.45, 2.75) is 38.3 Å². The largest absolute Gasteiger partial charge is 0.418 e. The minimum atomic E-state index is -4.34. The Balaban J connectivity index is 1.99. The van der Waals surface area contributed by atoms with E-state index in [0.717, 1.165) is 31.2 Å². The molecule has 0 amide bonds. The van der Waals surface area contributed by atoms with Gasteiger partial charge in [-0.05, 0) is 36.1 Å². The summed E-state index contributed by atoms with van der Waals surface area (Å²) < 4.78 is 41.0. The second-order valence-electron chi connectivity index (χ2n) is 6.35. The van der Waals surface area contributed by atoms with Gasteiger partial charge in [-0.25, -0.2) is 0 Å². The van der Waals surface area contributed by atoms with Crippen molar-refractivity contribution < 1.29 is 13.2 Å². The molecule has 0 radical (unpaired) electrons. The number of anilines is 1. The highest BCUT2D eigenvalue weighted by Crippen LogP contribution is 2.39. The lowest BCUT2D eigenvalue weighted by molar-refractivity contribution is -0.137. The second-order valence-corrected chi connectivity index (χ2v) is 6.35. The molecular formula is C20H22F3N. The summed E-state index contributed by atoms with van der Waals surface area (Å²) in [5, 5.41) is 0. The summed E-state index contributed by atoms with van der Waals surface area (Å²) in [7, 11) is 0. The number of nitrogens with zero attached hydrogens (tertiary/aromatic N) is 1. The quantitative estimate of drug-likeness (QED) is 0.638. The second kappa shape index (κ2) is 7.29. The van der Waals surface area contributed by atoms with Gasteiger partial charge in [-0.2, -0.15) is 13.2 Å². The third-order valence-electron chi connectivity index (χ3n) is 4.61. The molecular weight excluding hydrogens is 311 g/mol. The standard InChI is InChI=1S/C20H22F3N/c21-20(22,23)18-15-17(16-9-5-4-6-10-16)11-12-19(18)24-13-7-2-1-3-8-14-24/h4-6,9-12,15H,1-3,7-8,13-14H2. The monoisotopic (exact) mass is 333 g/mol. The highest BCUT2D eigenvalue weighted by Gasteiger charge is 2.35. The molecule has 0 unspecified atom stereocenters. The van der Waals surface area contributed by atoms with Gasteiger partial charge in [-0.15, -0.1) is 0 Å². The Morgan fingerprint density at radius 2 is 1.33 bits per heavy atom. The molecule has 2 aromatic carbocycles. The van der Waals surface area contributed by atoms with Crippen LogP contribution in [0.5, 0.6) is 0 Å². The van der Waals surface area contributed by atoms with Crippen molar-refractivity contribution in [3.63, 3.8) is 0 Å². The maximum absolute atomic E-state index is 13.7. The van der Waals surface area contributed by atoms with E-state index < -0.39 is 11.7 Å². The van der Waals surface area contributed by atoms with Crippen LogP contribution in [0, 0.1) is 0 Å². The van der Waals surface area contributed by atoms with Gasteiger partial charge in [0.05, 0.1) is 5.56 Å². The molecule has 0 aromatic heterocycles. The van der Waals surface area contributed by atoms with Crippen LogP contribution in [-0.2, 0) is 6.18 Å². The van der Waals surface area contributed by atoms with Gasteiger partial charge in [0.25, 0.3) is 0 Å². The SMILES string of the molecule is FC(F)(F)c1cc(-c2ccccc2)ccc1N1CCCCCCC1. The van der Waals surface area contributed by atoms with Gasteiger partial charge in [0.15, 0.2) is 0 Å². The fraction of sp³-hybridized carbons (Fsp3) is 0.400. The number of hydrogen-bond acceptors (Lipinski definition) is 1. The zero-order valence-electron chi connectivity index (χ0n) is 13.6. The highest BCUT2D eigenvalue weighted by molar-refractivity contribution is 5.69. The molecule has 128 valence electrons. The molecule has 0 bridgehead atoms. The van der Waals surface area contributed by atoms with Crippen molar-refractivity contribution in [3.8, 4) is 11.1 Å². The Morgan fingerprint density at radius 1 is 0.708 bits per heavy atom. The first-order valence-corrected chi connectivity index (χ1v) is 8.57. The lowest BCUT2D eigenvalue weighted by atomic mass is 10.00. The summed E-state index contributed by atoms with van der Waals surface area (Å²) >= 11 is 0. The molecule has 0 atom stereocenters. The van der Waals surface area contributed by atoms with Gasteiger partial charge in [-0.1, -0.05) is 55.7 Å². The third-order valence-corrected chi connectivity index (χ3v) is 4.61. The average Bonchev–Trinajstić information content (AvgIpc) is 2.54. The minimum Gasteiger partial charge on any atom is -0.371 e. The van der Waals surface area contributed by atoms with Gasteiger partial charge in [0, 0.05) is 18.8 Å². The minimum absolute atomic E-state index is 0.323. The van der Waals surface area contributed by atoms with Gasteiger partial charge in [-0.3, -0.25) is 0 Å². The zero-order chi connectivity index (χ0) is 17.0. The van der Waals surface area contributed by atoms with Crippen molar-refractivity contribution in [2.24, 2.45) is 0 Å². The molecule has 3 rings (SSSR count). The van der Waals surface area contributed by atoms with E-state index in [1.165, 1.54) is 12.5 Å². The number of halogens is 3. The maximum Gasteiger partial charge on any atom is 0.418 e. The molecule has 0 aliphatic carbocycles. The van der Waals surface area contributed by atoms with Crippen molar-refractivity contribution in [2.75, 3.05) is 18.0 Å². The van der Waals surface area contributed by atoms with Crippen LogP contribution in [0.25, 0.3) is 11.1 Å². The summed E-state index contributed by atoms with van der Waals surface area (Å²) in [6.45, 7) is 1.40. The molecule has 4 heteroatoms. The fourth-order valence-corrected chi connectivity index (χ4v) is 3.34. The fourth-order valence-electron chi connectivity index (χ4n) is 3.34. The Labute approximate surface area is 141 Å². The summed E-state index contributed by atoms with van der Waals surface area (Å²) in [4.78, 5) is 1.91. The van der Waals surface area contributed by atoms with E-state index >= 15 is 0 Å². The lowest BCUT2D eigenvalue weighted by Gasteiger charge is -2.29. The normalized spacial score (nSPS) is 16.5. The molecule has 1 aliphatic rings. The van der Waals surface area contributed by atoms with Crippen LogP contribution in [-0.4, -0.2) is 13.1 Å². The average molecular weight is 333 g/mol. The maximum atomic E-state index is 13.7. The van der Waals surface area contributed by atoms with Crippen molar-refractivity contribution in [3.05, 3.63) is 54.1 Å². The van der Waals surface area contributed by atoms with Gasteiger partial charge in [0.2, 0.25) is 0 Å². The lowest BCUT2D eigenvalue weighted by Crippen LogP contribution is -2.29. The molecule has 1 saturated heterocycles. The number of benzene rings is 2. The molecule has 0 N–H and O–H groups in total. The zero-order valence-corrected chi connectivity index (χ0v) is 13.6. The van der Waals surface area contributed by atoms with Gasteiger partial charge >= 0.3 is 6.18 Å². The van der Waals surface area contributed by atoms with E-state index in [1.807, 2.05) is 35.2 Å².